The smallest absolute Gasteiger partial charge is 0.323 e. The summed E-state index contributed by atoms with van der Waals surface area (Å²) >= 11 is 0. The van der Waals surface area contributed by atoms with Crippen LogP contribution in [0.2, 0.25) is 0 Å². The van der Waals surface area contributed by atoms with Crippen LogP contribution >= 0.6 is 0 Å². The van der Waals surface area contributed by atoms with Gasteiger partial charge in [0, 0.05) is 38.3 Å². The molecule has 146 valence electrons. The number of likely N-dealkylation sites (tertiary alicyclic amines) is 2. The van der Waals surface area contributed by atoms with Gasteiger partial charge in [-0.15, -0.1) is 0 Å². The van der Waals surface area contributed by atoms with Gasteiger partial charge in [-0.2, -0.15) is 5.26 Å². The molecule has 3 saturated heterocycles. The molecule has 7 heteroatoms. The molecule has 0 saturated carbocycles. The third-order valence-electron chi connectivity index (χ3n) is 6.18. The SMILES string of the molecule is CC(C)N1CC(OC(=O)[C@@H]2CC(CC(C)N3C[C@H](O)[C@@H](C#N)C3)CN2)C1. The highest BCUT2D eigenvalue weighted by Gasteiger charge is 2.38. The molecular formula is C19H32N4O3. The number of esters is 1. The van der Waals surface area contributed by atoms with Crippen molar-refractivity contribution in [2.45, 2.75) is 63.9 Å². The zero-order valence-corrected chi connectivity index (χ0v) is 16.1. The summed E-state index contributed by atoms with van der Waals surface area (Å²) in [5, 5.41) is 22.3. The number of aliphatic hydroxyl groups excluding tert-OH is 1. The first-order chi connectivity index (χ1) is 12.4. The van der Waals surface area contributed by atoms with Gasteiger partial charge in [-0.1, -0.05) is 0 Å². The topological polar surface area (TPSA) is 88.8 Å². The lowest BCUT2D eigenvalue weighted by Crippen LogP contribution is -2.56. The van der Waals surface area contributed by atoms with Crippen LogP contribution in [-0.4, -0.2) is 83.9 Å². The van der Waals surface area contributed by atoms with E-state index in [2.05, 4.69) is 42.0 Å². The fourth-order valence-electron chi connectivity index (χ4n) is 4.31. The van der Waals surface area contributed by atoms with Crippen molar-refractivity contribution in [3.05, 3.63) is 0 Å². The van der Waals surface area contributed by atoms with E-state index in [1.165, 1.54) is 0 Å². The number of rotatable bonds is 6. The maximum atomic E-state index is 12.4. The van der Waals surface area contributed by atoms with Gasteiger partial charge in [-0.3, -0.25) is 14.6 Å². The first-order valence-corrected chi connectivity index (χ1v) is 9.87. The minimum absolute atomic E-state index is 0.0404. The van der Waals surface area contributed by atoms with Crippen LogP contribution in [0.1, 0.15) is 33.6 Å². The molecule has 3 fully saturated rings. The Morgan fingerprint density at radius 1 is 1.27 bits per heavy atom. The summed E-state index contributed by atoms with van der Waals surface area (Å²) in [7, 11) is 0. The predicted molar refractivity (Wildman–Crippen MR) is 97.2 cm³/mol. The van der Waals surface area contributed by atoms with Crippen LogP contribution in [0.25, 0.3) is 0 Å². The van der Waals surface area contributed by atoms with Gasteiger partial charge in [-0.25, -0.2) is 0 Å². The van der Waals surface area contributed by atoms with Gasteiger partial charge in [-0.05, 0) is 46.1 Å². The maximum Gasteiger partial charge on any atom is 0.323 e. The molecule has 0 aromatic carbocycles. The van der Waals surface area contributed by atoms with E-state index >= 15 is 0 Å². The van der Waals surface area contributed by atoms with Crippen molar-refractivity contribution in [3.8, 4) is 6.07 Å². The summed E-state index contributed by atoms with van der Waals surface area (Å²) < 4.78 is 5.62. The normalized spacial score (nSPS) is 34.6. The van der Waals surface area contributed by atoms with E-state index in [1.54, 1.807) is 0 Å². The van der Waals surface area contributed by atoms with E-state index < -0.39 is 6.10 Å². The van der Waals surface area contributed by atoms with E-state index in [0.717, 1.165) is 32.5 Å². The summed E-state index contributed by atoms with van der Waals surface area (Å²) in [5.74, 6) is 0.0267. The Morgan fingerprint density at radius 2 is 2.00 bits per heavy atom. The summed E-state index contributed by atoms with van der Waals surface area (Å²) in [6.45, 7) is 10.2. The number of ether oxygens (including phenoxy) is 1. The van der Waals surface area contributed by atoms with Crippen molar-refractivity contribution in [3.63, 3.8) is 0 Å². The first-order valence-electron chi connectivity index (χ1n) is 9.87. The number of hydrogen-bond acceptors (Lipinski definition) is 7. The number of nitrogens with one attached hydrogen (secondary N) is 1. The Hall–Kier alpha value is -1.20. The second-order valence-electron chi connectivity index (χ2n) is 8.51. The van der Waals surface area contributed by atoms with Crippen molar-refractivity contribution in [2.75, 3.05) is 32.7 Å². The van der Waals surface area contributed by atoms with Crippen LogP contribution in [0.5, 0.6) is 0 Å². The molecule has 0 amide bonds. The molecule has 2 N–H and O–H groups in total. The number of nitriles is 1. The number of carbonyl (C=O) groups is 1. The van der Waals surface area contributed by atoms with E-state index in [1.807, 2.05) is 0 Å². The molecule has 3 aliphatic heterocycles. The Morgan fingerprint density at radius 3 is 2.62 bits per heavy atom. The van der Waals surface area contributed by atoms with E-state index in [4.69, 9.17) is 10.00 Å². The lowest BCUT2D eigenvalue weighted by Gasteiger charge is -2.41. The highest BCUT2D eigenvalue weighted by Crippen LogP contribution is 2.26. The van der Waals surface area contributed by atoms with Crippen LogP contribution in [0.4, 0.5) is 0 Å². The van der Waals surface area contributed by atoms with Gasteiger partial charge in [0.15, 0.2) is 0 Å². The van der Waals surface area contributed by atoms with Gasteiger partial charge in [0.25, 0.3) is 0 Å². The highest BCUT2D eigenvalue weighted by molar-refractivity contribution is 5.76. The zero-order chi connectivity index (χ0) is 18.8. The number of nitrogens with zero attached hydrogens (tertiary/aromatic N) is 3. The van der Waals surface area contributed by atoms with Gasteiger partial charge < -0.3 is 15.2 Å². The Bertz CT molecular complexity index is 543. The lowest BCUT2D eigenvalue weighted by atomic mass is 9.97. The number of aliphatic hydroxyl groups is 1. The van der Waals surface area contributed by atoms with Crippen LogP contribution in [0, 0.1) is 23.2 Å². The van der Waals surface area contributed by atoms with Crippen molar-refractivity contribution < 1.29 is 14.6 Å². The van der Waals surface area contributed by atoms with Crippen LogP contribution < -0.4 is 5.32 Å². The minimum atomic E-state index is -0.542. The van der Waals surface area contributed by atoms with Gasteiger partial charge >= 0.3 is 5.97 Å². The van der Waals surface area contributed by atoms with Crippen molar-refractivity contribution >= 4 is 5.97 Å². The predicted octanol–water partition coefficient (Wildman–Crippen LogP) is 0.195. The molecule has 5 atom stereocenters. The Balaban J connectivity index is 1.39. The van der Waals surface area contributed by atoms with Crippen molar-refractivity contribution in [1.29, 1.82) is 5.26 Å². The molecule has 0 aliphatic carbocycles. The molecule has 26 heavy (non-hydrogen) atoms. The fraction of sp³-hybridized carbons (Fsp3) is 0.895. The fourth-order valence-corrected chi connectivity index (χ4v) is 4.31. The number of β-amino-alcohol motifs (C(OH)–C–C–N with tert-alkyl or cyclic N) is 1. The molecule has 0 spiro atoms. The Labute approximate surface area is 156 Å². The second kappa shape index (κ2) is 8.22. The molecule has 2 unspecified atom stereocenters. The first kappa shape index (κ1) is 19.6. The average Bonchev–Trinajstić information content (AvgIpc) is 3.16. The zero-order valence-electron chi connectivity index (χ0n) is 16.1. The van der Waals surface area contributed by atoms with E-state index in [9.17, 15) is 9.90 Å². The summed E-state index contributed by atoms with van der Waals surface area (Å²) in [6, 6.07) is 2.79. The molecule has 0 bridgehead atoms. The molecule has 3 aliphatic rings. The monoisotopic (exact) mass is 364 g/mol. The molecule has 0 aromatic rings. The van der Waals surface area contributed by atoms with Gasteiger partial charge in [0.05, 0.1) is 18.1 Å². The summed E-state index contributed by atoms with van der Waals surface area (Å²) in [4.78, 5) is 16.8. The molecule has 0 aromatic heterocycles. The van der Waals surface area contributed by atoms with Gasteiger partial charge in [0.1, 0.15) is 12.1 Å². The van der Waals surface area contributed by atoms with E-state index in [0.29, 0.717) is 31.1 Å². The number of carbonyl (C=O) groups excluding carboxylic acids is 1. The van der Waals surface area contributed by atoms with Gasteiger partial charge in [0.2, 0.25) is 0 Å². The summed E-state index contributed by atoms with van der Waals surface area (Å²) in [5.41, 5.74) is 0. The largest absolute Gasteiger partial charge is 0.458 e. The maximum absolute atomic E-state index is 12.4. The van der Waals surface area contributed by atoms with E-state index in [-0.39, 0.29) is 24.0 Å². The number of hydrogen-bond donors (Lipinski definition) is 2. The minimum Gasteiger partial charge on any atom is -0.458 e. The molecular weight excluding hydrogens is 332 g/mol. The van der Waals surface area contributed by atoms with Crippen molar-refractivity contribution in [2.24, 2.45) is 11.8 Å². The van der Waals surface area contributed by atoms with Crippen LogP contribution in [0.15, 0.2) is 0 Å². The van der Waals surface area contributed by atoms with Crippen LogP contribution in [0.3, 0.4) is 0 Å². The third kappa shape index (κ3) is 4.37. The molecule has 0 radical (unpaired) electrons. The quantitative estimate of drug-likeness (QED) is 0.651. The Kier molecular flexibility index (Phi) is 6.18. The molecule has 3 heterocycles. The lowest BCUT2D eigenvalue weighted by molar-refractivity contribution is -0.161. The standard InChI is InChI=1S/C19H32N4O3/c1-12(2)22-9-16(10-22)26-19(25)17-5-14(7-21-17)4-13(3)23-8-15(6-20)18(24)11-23/h12-18,21,24H,4-5,7-11H2,1-3H3/t13?,14?,15-,17-,18-/m0/s1. The average molecular weight is 364 g/mol. The van der Waals surface area contributed by atoms with Crippen LogP contribution in [-0.2, 0) is 9.53 Å². The van der Waals surface area contributed by atoms with Crippen molar-refractivity contribution in [1.82, 2.24) is 15.1 Å². The highest BCUT2D eigenvalue weighted by atomic mass is 16.5. The third-order valence-corrected chi connectivity index (χ3v) is 6.18. The molecule has 3 rings (SSSR count). The second-order valence-corrected chi connectivity index (χ2v) is 8.51. The summed E-state index contributed by atoms with van der Waals surface area (Å²) in [6.07, 6.45) is 1.27. The molecule has 7 nitrogen and oxygen atoms in total.